The number of pyridine rings is 1. The van der Waals surface area contributed by atoms with Crippen LogP contribution in [0.1, 0.15) is 34.0 Å². The predicted molar refractivity (Wildman–Crippen MR) is 142 cm³/mol. The molecule has 1 unspecified atom stereocenters. The standard InChI is InChI=1S/C29H25F3N4O5/c1-15-11-16(7-8-19(15)31)26-34-27(37)23(29(39)36(26)25-21(40-2)5-4-6-22(25)41-3)28(38)35-10-9-17(14-35)24-20(32)12-18(30)13-33-24/h4-8,11-13,17,39H,9-10,14H2,1-3H3. The van der Waals surface area contributed by atoms with Crippen molar-refractivity contribution >= 4 is 5.91 Å². The molecule has 4 aromatic rings. The van der Waals surface area contributed by atoms with Crippen molar-refractivity contribution in [3.63, 3.8) is 0 Å². The van der Waals surface area contributed by atoms with Gasteiger partial charge in [0.15, 0.2) is 11.4 Å². The first kappa shape index (κ1) is 27.7. The van der Waals surface area contributed by atoms with Crippen LogP contribution >= 0.6 is 0 Å². The van der Waals surface area contributed by atoms with Crippen LogP contribution in [0.4, 0.5) is 13.2 Å². The summed E-state index contributed by atoms with van der Waals surface area (Å²) in [6.45, 7) is 1.63. The van der Waals surface area contributed by atoms with E-state index in [0.29, 0.717) is 6.42 Å². The first-order chi connectivity index (χ1) is 19.6. The Morgan fingerprint density at radius 1 is 1.05 bits per heavy atom. The Morgan fingerprint density at radius 3 is 2.39 bits per heavy atom. The third-order valence-electron chi connectivity index (χ3n) is 7.02. The molecule has 5 rings (SSSR count). The summed E-state index contributed by atoms with van der Waals surface area (Å²) in [5.41, 5.74) is -0.965. The molecule has 0 bridgehead atoms. The lowest BCUT2D eigenvalue weighted by Gasteiger charge is -2.22. The minimum Gasteiger partial charge on any atom is -0.494 e. The highest BCUT2D eigenvalue weighted by Crippen LogP contribution is 2.39. The average molecular weight is 567 g/mol. The maximum Gasteiger partial charge on any atom is 0.290 e. The summed E-state index contributed by atoms with van der Waals surface area (Å²) >= 11 is 0. The number of hydrogen-bond donors (Lipinski definition) is 1. The number of likely N-dealkylation sites (tertiary alicyclic amines) is 1. The summed E-state index contributed by atoms with van der Waals surface area (Å²) in [5, 5.41) is 11.6. The molecule has 0 aliphatic carbocycles. The Labute approximate surface area is 232 Å². The van der Waals surface area contributed by atoms with E-state index in [1.807, 2.05) is 0 Å². The van der Waals surface area contributed by atoms with Gasteiger partial charge in [-0.3, -0.25) is 19.1 Å². The number of hydrogen-bond acceptors (Lipinski definition) is 7. The van der Waals surface area contributed by atoms with Gasteiger partial charge in [-0.2, -0.15) is 4.98 Å². The smallest absolute Gasteiger partial charge is 0.290 e. The second kappa shape index (κ2) is 11.0. The molecule has 1 saturated heterocycles. The number of carbonyl (C=O) groups is 1. The van der Waals surface area contributed by atoms with Crippen LogP contribution in [0.2, 0.25) is 0 Å². The van der Waals surface area contributed by atoms with Crippen LogP contribution in [0.15, 0.2) is 53.5 Å². The Bertz CT molecular complexity index is 1700. The lowest BCUT2D eigenvalue weighted by atomic mass is 10.0. The SMILES string of the molecule is COc1cccc(OC)c1-n1c(-c2ccc(F)c(C)c2)nc(=O)c(C(=O)N2CCC(c3ncc(F)cc3F)C2)c1O. The molecule has 1 aliphatic rings. The Hall–Kier alpha value is -4.87. The first-order valence-electron chi connectivity index (χ1n) is 12.6. The summed E-state index contributed by atoms with van der Waals surface area (Å²) in [4.78, 5) is 36.3. The van der Waals surface area contributed by atoms with Crippen LogP contribution in [0.5, 0.6) is 17.4 Å². The molecular weight excluding hydrogens is 541 g/mol. The van der Waals surface area contributed by atoms with Gasteiger partial charge in [0.1, 0.15) is 34.6 Å². The largest absolute Gasteiger partial charge is 0.494 e. The van der Waals surface area contributed by atoms with Gasteiger partial charge in [-0.15, -0.1) is 0 Å². The molecule has 2 aromatic carbocycles. The summed E-state index contributed by atoms with van der Waals surface area (Å²) in [6, 6.07) is 9.58. The number of benzene rings is 2. The van der Waals surface area contributed by atoms with Gasteiger partial charge in [0.25, 0.3) is 11.5 Å². The number of amides is 1. The zero-order chi connectivity index (χ0) is 29.4. The fourth-order valence-corrected chi connectivity index (χ4v) is 4.99. The second-order valence-corrected chi connectivity index (χ2v) is 9.51. The number of nitrogens with zero attached hydrogens (tertiary/aromatic N) is 4. The predicted octanol–water partition coefficient (Wildman–Crippen LogP) is 4.37. The Morgan fingerprint density at radius 2 is 1.76 bits per heavy atom. The van der Waals surface area contributed by atoms with Gasteiger partial charge in [-0.25, -0.2) is 13.2 Å². The molecule has 3 heterocycles. The fourth-order valence-electron chi connectivity index (χ4n) is 4.99. The monoisotopic (exact) mass is 566 g/mol. The lowest BCUT2D eigenvalue weighted by molar-refractivity contribution is 0.0784. The molecule has 9 nitrogen and oxygen atoms in total. The lowest BCUT2D eigenvalue weighted by Crippen LogP contribution is -2.34. The molecule has 0 radical (unpaired) electrons. The van der Waals surface area contributed by atoms with Crippen molar-refractivity contribution in [3.8, 4) is 34.5 Å². The van der Waals surface area contributed by atoms with Gasteiger partial charge in [0, 0.05) is 30.6 Å². The summed E-state index contributed by atoms with van der Waals surface area (Å²) in [5.74, 6) is -3.91. The minimum atomic E-state index is -1.02. The molecule has 0 spiro atoms. The molecule has 212 valence electrons. The molecule has 41 heavy (non-hydrogen) atoms. The molecule has 0 saturated carbocycles. The molecule has 1 fully saturated rings. The number of aromatic hydroxyl groups is 1. The third-order valence-corrected chi connectivity index (χ3v) is 7.02. The number of ether oxygens (including phenoxy) is 2. The van der Waals surface area contributed by atoms with Crippen molar-refractivity contribution in [2.24, 2.45) is 0 Å². The van der Waals surface area contributed by atoms with Crippen LogP contribution in [0.25, 0.3) is 17.1 Å². The molecule has 1 amide bonds. The van der Waals surface area contributed by atoms with Gasteiger partial charge >= 0.3 is 0 Å². The Balaban J connectivity index is 1.66. The van der Waals surface area contributed by atoms with E-state index in [1.165, 1.54) is 44.2 Å². The van der Waals surface area contributed by atoms with Gasteiger partial charge in [0.2, 0.25) is 5.88 Å². The van der Waals surface area contributed by atoms with E-state index in [0.717, 1.165) is 16.8 Å². The third kappa shape index (κ3) is 4.96. The molecule has 1 N–H and O–H groups in total. The van der Waals surface area contributed by atoms with Crippen LogP contribution in [-0.4, -0.2) is 57.8 Å². The molecule has 2 aromatic heterocycles. The maximum atomic E-state index is 14.4. The molecule has 1 aliphatic heterocycles. The van der Waals surface area contributed by atoms with Gasteiger partial charge in [0.05, 0.1) is 26.1 Å². The molecule has 1 atom stereocenters. The highest BCUT2D eigenvalue weighted by Gasteiger charge is 2.35. The van der Waals surface area contributed by atoms with Crippen molar-refractivity contribution in [3.05, 3.63) is 93.3 Å². The van der Waals surface area contributed by atoms with E-state index in [4.69, 9.17) is 9.47 Å². The fraction of sp³-hybridized carbons (Fsp3) is 0.241. The zero-order valence-electron chi connectivity index (χ0n) is 22.3. The van der Waals surface area contributed by atoms with Crippen molar-refractivity contribution in [2.45, 2.75) is 19.3 Å². The van der Waals surface area contributed by atoms with E-state index < -0.39 is 46.3 Å². The van der Waals surface area contributed by atoms with Crippen LogP contribution in [0.3, 0.4) is 0 Å². The topological polar surface area (TPSA) is 107 Å². The van der Waals surface area contributed by atoms with Crippen LogP contribution in [0, 0.1) is 24.4 Å². The van der Waals surface area contributed by atoms with Gasteiger partial charge in [-0.05, 0) is 49.2 Å². The van der Waals surface area contributed by atoms with Crippen molar-refractivity contribution in [1.29, 1.82) is 0 Å². The maximum absolute atomic E-state index is 14.4. The quantitative estimate of drug-likeness (QED) is 0.369. The number of methoxy groups -OCH3 is 2. The number of aryl methyl sites for hydroxylation is 1. The van der Waals surface area contributed by atoms with E-state index >= 15 is 0 Å². The van der Waals surface area contributed by atoms with Gasteiger partial charge < -0.3 is 19.5 Å². The van der Waals surface area contributed by atoms with E-state index in [1.54, 1.807) is 18.2 Å². The van der Waals surface area contributed by atoms with Gasteiger partial charge in [-0.1, -0.05) is 6.07 Å². The number of aromatic nitrogens is 3. The van der Waals surface area contributed by atoms with Crippen molar-refractivity contribution in [2.75, 3.05) is 27.3 Å². The second-order valence-electron chi connectivity index (χ2n) is 9.51. The zero-order valence-corrected chi connectivity index (χ0v) is 22.3. The summed E-state index contributed by atoms with van der Waals surface area (Å²) in [7, 11) is 2.79. The summed E-state index contributed by atoms with van der Waals surface area (Å²) in [6.07, 6.45) is 1.20. The van der Waals surface area contributed by atoms with Crippen LogP contribution < -0.4 is 15.0 Å². The highest BCUT2D eigenvalue weighted by molar-refractivity contribution is 5.97. The van der Waals surface area contributed by atoms with E-state index in [9.17, 15) is 27.9 Å². The minimum absolute atomic E-state index is 0.00208. The van der Waals surface area contributed by atoms with E-state index in [-0.39, 0.29) is 52.9 Å². The number of carbonyl (C=O) groups excluding carboxylic acids is 1. The summed E-state index contributed by atoms with van der Waals surface area (Å²) < 4.78 is 54.0. The molecule has 12 heteroatoms. The van der Waals surface area contributed by atoms with Crippen molar-refractivity contribution < 1.29 is 32.5 Å². The average Bonchev–Trinajstić information content (AvgIpc) is 3.44. The number of para-hydroxylation sites is 1. The normalized spacial score (nSPS) is 14.8. The Kier molecular flexibility index (Phi) is 7.40. The number of rotatable bonds is 6. The first-order valence-corrected chi connectivity index (χ1v) is 12.6. The van der Waals surface area contributed by atoms with E-state index in [2.05, 4.69) is 9.97 Å². The van der Waals surface area contributed by atoms with Crippen LogP contribution in [-0.2, 0) is 0 Å². The number of halogens is 3. The molecular formula is C29H25F3N4O5. The highest BCUT2D eigenvalue weighted by atomic mass is 19.1. The van der Waals surface area contributed by atoms with Crippen molar-refractivity contribution in [1.82, 2.24) is 19.4 Å².